The second-order valence-corrected chi connectivity index (χ2v) is 5.26. The molecule has 1 aliphatic rings. The van der Waals surface area contributed by atoms with Crippen LogP contribution in [0.5, 0.6) is 5.75 Å². The zero-order chi connectivity index (χ0) is 13.1. The van der Waals surface area contributed by atoms with Gasteiger partial charge in [-0.05, 0) is 42.9 Å². The molecule has 18 heavy (non-hydrogen) atoms. The monoisotopic (exact) mass is 268 g/mol. The molecular formula is C15H21ClO2. The molecule has 2 nitrogen and oxygen atoms in total. The summed E-state index contributed by atoms with van der Waals surface area (Å²) < 4.78 is 10.8. The van der Waals surface area contributed by atoms with Crippen LogP contribution in [-0.4, -0.2) is 19.3 Å². The standard InChI is InChI=1S/C15H21ClO2/c1-4-10(8-15-14(5-2)18-15)12-7-6-11(17-3)9-13(12)16/h6-7,9-10,14-15H,4-5,8H2,1-3H3. The van der Waals surface area contributed by atoms with Crippen LogP contribution in [0.3, 0.4) is 0 Å². The molecule has 2 rings (SSSR count). The average molecular weight is 269 g/mol. The summed E-state index contributed by atoms with van der Waals surface area (Å²) in [6.07, 6.45) is 4.16. The summed E-state index contributed by atoms with van der Waals surface area (Å²) >= 11 is 6.33. The highest BCUT2D eigenvalue weighted by Crippen LogP contribution is 2.39. The maximum Gasteiger partial charge on any atom is 0.120 e. The van der Waals surface area contributed by atoms with Gasteiger partial charge in [-0.2, -0.15) is 0 Å². The number of methoxy groups -OCH3 is 1. The van der Waals surface area contributed by atoms with Crippen LogP contribution in [0.15, 0.2) is 18.2 Å². The Morgan fingerprint density at radius 2 is 2.11 bits per heavy atom. The highest BCUT2D eigenvalue weighted by atomic mass is 35.5. The molecule has 0 aromatic heterocycles. The lowest BCUT2D eigenvalue weighted by Gasteiger charge is -2.16. The molecule has 1 aromatic carbocycles. The quantitative estimate of drug-likeness (QED) is 0.713. The van der Waals surface area contributed by atoms with E-state index in [1.807, 2.05) is 12.1 Å². The van der Waals surface area contributed by atoms with Crippen molar-refractivity contribution in [3.63, 3.8) is 0 Å². The van der Waals surface area contributed by atoms with E-state index in [0.29, 0.717) is 18.1 Å². The van der Waals surface area contributed by atoms with Crippen LogP contribution < -0.4 is 4.74 Å². The van der Waals surface area contributed by atoms with Gasteiger partial charge in [0.2, 0.25) is 0 Å². The molecule has 1 heterocycles. The van der Waals surface area contributed by atoms with Crippen molar-refractivity contribution in [3.8, 4) is 5.75 Å². The van der Waals surface area contributed by atoms with Gasteiger partial charge >= 0.3 is 0 Å². The summed E-state index contributed by atoms with van der Waals surface area (Å²) in [5.74, 6) is 1.29. The molecule has 0 spiro atoms. The van der Waals surface area contributed by atoms with Gasteiger partial charge in [0.15, 0.2) is 0 Å². The predicted octanol–water partition coefficient (Wildman–Crippen LogP) is 4.41. The van der Waals surface area contributed by atoms with Crippen LogP contribution in [0.4, 0.5) is 0 Å². The fourth-order valence-electron chi connectivity index (χ4n) is 2.51. The summed E-state index contributed by atoms with van der Waals surface area (Å²) in [5.41, 5.74) is 1.21. The van der Waals surface area contributed by atoms with Crippen molar-refractivity contribution >= 4 is 11.6 Å². The van der Waals surface area contributed by atoms with Crippen molar-refractivity contribution in [1.29, 1.82) is 0 Å². The van der Waals surface area contributed by atoms with E-state index in [2.05, 4.69) is 19.9 Å². The van der Waals surface area contributed by atoms with E-state index in [-0.39, 0.29) is 0 Å². The molecule has 0 aliphatic carbocycles. The van der Waals surface area contributed by atoms with E-state index in [0.717, 1.165) is 30.0 Å². The maximum atomic E-state index is 6.33. The van der Waals surface area contributed by atoms with Gasteiger partial charge in [0.05, 0.1) is 19.3 Å². The van der Waals surface area contributed by atoms with Gasteiger partial charge in [-0.1, -0.05) is 31.5 Å². The van der Waals surface area contributed by atoms with Gasteiger partial charge in [0, 0.05) is 5.02 Å². The Morgan fingerprint density at radius 3 is 2.61 bits per heavy atom. The minimum Gasteiger partial charge on any atom is -0.497 e. The van der Waals surface area contributed by atoms with Crippen molar-refractivity contribution in [2.24, 2.45) is 0 Å². The molecule has 1 fully saturated rings. The molecule has 1 aliphatic heterocycles. The Balaban J connectivity index is 2.07. The number of ether oxygens (including phenoxy) is 2. The molecule has 100 valence electrons. The maximum absolute atomic E-state index is 6.33. The van der Waals surface area contributed by atoms with E-state index in [1.165, 1.54) is 5.56 Å². The molecule has 0 amide bonds. The Hall–Kier alpha value is -0.730. The third-order valence-electron chi connectivity index (χ3n) is 3.75. The Labute approximate surface area is 114 Å². The van der Waals surface area contributed by atoms with Gasteiger partial charge in [-0.15, -0.1) is 0 Å². The highest BCUT2D eigenvalue weighted by Gasteiger charge is 2.38. The first kappa shape index (κ1) is 13.7. The summed E-state index contributed by atoms with van der Waals surface area (Å²) in [6, 6.07) is 5.96. The lowest BCUT2D eigenvalue weighted by molar-refractivity contribution is 0.349. The van der Waals surface area contributed by atoms with Crippen LogP contribution in [0.1, 0.15) is 44.6 Å². The third-order valence-corrected chi connectivity index (χ3v) is 4.07. The Bertz CT molecular complexity index is 405. The number of benzene rings is 1. The van der Waals surface area contributed by atoms with Gasteiger partial charge < -0.3 is 9.47 Å². The number of hydrogen-bond acceptors (Lipinski definition) is 2. The molecule has 1 saturated heterocycles. The predicted molar refractivity (Wildman–Crippen MR) is 74.6 cm³/mol. The normalized spacial score (nSPS) is 23.8. The number of epoxide rings is 1. The molecule has 0 bridgehead atoms. The van der Waals surface area contributed by atoms with Crippen LogP contribution in [0.25, 0.3) is 0 Å². The van der Waals surface area contributed by atoms with Gasteiger partial charge in [-0.3, -0.25) is 0 Å². The Kier molecular flexibility index (Phi) is 4.52. The SMILES string of the molecule is CCC(CC1OC1CC)c1ccc(OC)cc1Cl. The highest BCUT2D eigenvalue weighted by molar-refractivity contribution is 6.31. The molecule has 0 saturated carbocycles. The molecule has 1 aromatic rings. The van der Waals surface area contributed by atoms with Crippen molar-refractivity contribution in [1.82, 2.24) is 0 Å². The molecule has 0 N–H and O–H groups in total. The van der Waals surface area contributed by atoms with Crippen LogP contribution >= 0.6 is 11.6 Å². The van der Waals surface area contributed by atoms with Crippen LogP contribution in [-0.2, 0) is 4.74 Å². The van der Waals surface area contributed by atoms with E-state index >= 15 is 0 Å². The van der Waals surface area contributed by atoms with Crippen LogP contribution in [0, 0.1) is 0 Å². The molecule has 3 heteroatoms. The van der Waals surface area contributed by atoms with E-state index < -0.39 is 0 Å². The molecule has 3 unspecified atom stereocenters. The topological polar surface area (TPSA) is 21.8 Å². The summed E-state index contributed by atoms with van der Waals surface area (Å²) in [4.78, 5) is 0. The lowest BCUT2D eigenvalue weighted by atomic mass is 9.91. The third kappa shape index (κ3) is 2.99. The molecule has 3 atom stereocenters. The second kappa shape index (κ2) is 5.94. The van der Waals surface area contributed by atoms with Crippen molar-refractivity contribution in [2.75, 3.05) is 7.11 Å². The zero-order valence-electron chi connectivity index (χ0n) is 11.3. The lowest BCUT2D eigenvalue weighted by Crippen LogP contribution is -2.04. The Morgan fingerprint density at radius 1 is 1.33 bits per heavy atom. The van der Waals surface area contributed by atoms with Crippen LogP contribution in [0.2, 0.25) is 5.02 Å². The first-order valence-electron chi connectivity index (χ1n) is 6.68. The first-order chi connectivity index (χ1) is 8.69. The number of halogens is 1. The van der Waals surface area contributed by atoms with Gasteiger partial charge in [-0.25, -0.2) is 0 Å². The smallest absolute Gasteiger partial charge is 0.120 e. The minimum atomic E-state index is 0.429. The minimum absolute atomic E-state index is 0.429. The van der Waals surface area contributed by atoms with E-state index in [9.17, 15) is 0 Å². The van der Waals surface area contributed by atoms with Crippen molar-refractivity contribution < 1.29 is 9.47 Å². The molecular weight excluding hydrogens is 248 g/mol. The fourth-order valence-corrected chi connectivity index (χ4v) is 2.83. The van der Waals surface area contributed by atoms with Gasteiger partial charge in [0.1, 0.15) is 5.75 Å². The number of rotatable bonds is 6. The van der Waals surface area contributed by atoms with E-state index in [4.69, 9.17) is 21.1 Å². The second-order valence-electron chi connectivity index (χ2n) is 4.85. The fraction of sp³-hybridized carbons (Fsp3) is 0.600. The van der Waals surface area contributed by atoms with Crippen molar-refractivity contribution in [3.05, 3.63) is 28.8 Å². The summed E-state index contributed by atoms with van der Waals surface area (Å²) in [7, 11) is 1.66. The summed E-state index contributed by atoms with van der Waals surface area (Å²) in [6.45, 7) is 4.38. The average Bonchev–Trinajstić information content (AvgIpc) is 3.14. The largest absolute Gasteiger partial charge is 0.497 e. The zero-order valence-corrected chi connectivity index (χ0v) is 12.0. The first-order valence-corrected chi connectivity index (χ1v) is 7.06. The number of hydrogen-bond donors (Lipinski definition) is 0. The van der Waals surface area contributed by atoms with Gasteiger partial charge in [0.25, 0.3) is 0 Å². The molecule has 0 radical (unpaired) electrons. The van der Waals surface area contributed by atoms with Crippen molar-refractivity contribution in [2.45, 2.75) is 51.2 Å². The summed E-state index contributed by atoms with van der Waals surface area (Å²) in [5, 5.41) is 0.801. The van der Waals surface area contributed by atoms with E-state index in [1.54, 1.807) is 7.11 Å².